The predicted octanol–water partition coefficient (Wildman–Crippen LogP) is -8.26. The molecule has 24 heteroatoms. The lowest BCUT2D eigenvalue weighted by atomic mass is 9.93. The van der Waals surface area contributed by atoms with Crippen molar-refractivity contribution in [3.8, 4) is 0 Å². The molecule has 25 atom stereocenters. The molecule has 0 amide bonds. The highest BCUT2D eigenvalue weighted by Gasteiger charge is 2.56. The van der Waals surface area contributed by atoms with Crippen molar-refractivity contribution in [3.05, 3.63) is 12.7 Å². The normalized spacial score (nSPS) is 51.0. The smallest absolute Gasteiger partial charge is 0.187 e. The second-order valence-corrected chi connectivity index (χ2v) is 15.3. The minimum atomic E-state index is -1.93. The fourth-order valence-corrected chi connectivity index (χ4v) is 7.68. The number of hydrogen-bond donors (Lipinski definition) is 14. The molecule has 15 N–H and O–H groups in total. The Kier molecular flexibility index (Phi) is 17.7. The van der Waals surface area contributed by atoms with Crippen molar-refractivity contribution in [2.24, 2.45) is 5.73 Å². The number of hydrogen-bond acceptors (Lipinski definition) is 24. The van der Waals surface area contributed by atoms with Crippen LogP contribution in [0.5, 0.6) is 0 Å². The zero-order valence-corrected chi connectivity index (χ0v) is 32.4. The lowest BCUT2D eigenvalue weighted by Crippen LogP contribution is -2.69. The molecule has 0 aliphatic carbocycles. The summed E-state index contributed by atoms with van der Waals surface area (Å²) >= 11 is 0. The Labute approximate surface area is 338 Å². The first-order valence-electron chi connectivity index (χ1n) is 19.5. The Balaban J connectivity index is 1.43. The second kappa shape index (κ2) is 21.4. The summed E-state index contributed by atoms with van der Waals surface area (Å²) in [4.78, 5) is 0. The molecule has 5 heterocycles. The molecule has 24 nitrogen and oxygen atoms in total. The fourth-order valence-electron chi connectivity index (χ4n) is 7.68. The van der Waals surface area contributed by atoms with Crippen LogP contribution in [-0.2, 0) is 47.4 Å². The third-order valence-corrected chi connectivity index (χ3v) is 11.2. The van der Waals surface area contributed by atoms with Gasteiger partial charge in [-0.3, -0.25) is 0 Å². The van der Waals surface area contributed by atoms with Crippen molar-refractivity contribution in [2.75, 3.05) is 33.0 Å². The van der Waals surface area contributed by atoms with Gasteiger partial charge >= 0.3 is 0 Å². The first-order chi connectivity index (χ1) is 28.0. The van der Waals surface area contributed by atoms with Gasteiger partial charge in [0, 0.05) is 6.61 Å². The topological polar surface area (TPSA) is 381 Å². The zero-order valence-electron chi connectivity index (χ0n) is 32.4. The third-order valence-electron chi connectivity index (χ3n) is 11.2. The molecule has 5 aliphatic rings. The second-order valence-electron chi connectivity index (χ2n) is 15.3. The predicted molar refractivity (Wildman–Crippen MR) is 189 cm³/mol. The molecular formula is C35H61NO23. The van der Waals surface area contributed by atoms with E-state index in [0.717, 1.165) is 0 Å². The summed E-state index contributed by atoms with van der Waals surface area (Å²) in [5.41, 5.74) is 6.70. The zero-order chi connectivity index (χ0) is 43.5. The number of ether oxygens (including phenoxy) is 10. The van der Waals surface area contributed by atoms with Gasteiger partial charge in [-0.05, 0) is 20.3 Å². The maximum atomic E-state index is 11.2. The van der Waals surface area contributed by atoms with E-state index < -0.39 is 173 Å². The molecule has 59 heavy (non-hydrogen) atoms. The van der Waals surface area contributed by atoms with Gasteiger partial charge in [0.05, 0.1) is 50.8 Å². The molecule has 5 rings (SSSR count). The minimum absolute atomic E-state index is 0.0952. The molecule has 5 aliphatic heterocycles. The van der Waals surface area contributed by atoms with Crippen LogP contribution in [0.2, 0.25) is 0 Å². The van der Waals surface area contributed by atoms with Crippen molar-refractivity contribution >= 4 is 0 Å². The highest BCUT2D eigenvalue weighted by molar-refractivity contribution is 5.00. The molecular weight excluding hydrogens is 802 g/mol. The first kappa shape index (κ1) is 48.8. The van der Waals surface area contributed by atoms with Gasteiger partial charge in [0.1, 0.15) is 104 Å². The summed E-state index contributed by atoms with van der Waals surface area (Å²) in [6.45, 7) is 3.55. The molecule has 0 aromatic carbocycles. The summed E-state index contributed by atoms with van der Waals surface area (Å²) in [5, 5.41) is 137. The molecule has 0 aromatic rings. The first-order valence-corrected chi connectivity index (χ1v) is 19.5. The van der Waals surface area contributed by atoms with Crippen LogP contribution >= 0.6 is 0 Å². The molecule has 16 unspecified atom stereocenters. The third kappa shape index (κ3) is 10.6. The van der Waals surface area contributed by atoms with Crippen molar-refractivity contribution in [2.45, 2.75) is 174 Å². The number of aliphatic hydroxyl groups excluding tert-OH is 13. The van der Waals surface area contributed by atoms with Crippen molar-refractivity contribution in [1.82, 2.24) is 0 Å². The van der Waals surface area contributed by atoms with Gasteiger partial charge < -0.3 is 119 Å². The van der Waals surface area contributed by atoms with E-state index in [9.17, 15) is 66.4 Å². The molecule has 5 saturated heterocycles. The van der Waals surface area contributed by atoms with Crippen LogP contribution in [0.3, 0.4) is 0 Å². The Morgan fingerprint density at radius 3 is 1.63 bits per heavy atom. The lowest BCUT2D eigenvalue weighted by Gasteiger charge is -2.50. The SMILES string of the molecule is C=CCOC1OC(CO)[C@H](O)C(O[C@@H]2OC(CO)[C@H](O[C@@H]3OC(CO)[C@H](O)C(O)C3O[C@@H]3OC(C)[C@H](O)C(O)C3O)C(OCC[C@H]3OC(C)[C@@H](O)C(O)C3O)C2N)C1O. The maximum Gasteiger partial charge on any atom is 0.187 e. The van der Waals surface area contributed by atoms with Gasteiger partial charge in [0.25, 0.3) is 0 Å². The molecule has 5 fully saturated rings. The van der Waals surface area contributed by atoms with Crippen LogP contribution < -0.4 is 5.73 Å². The Bertz CT molecular complexity index is 1290. The minimum Gasteiger partial charge on any atom is -0.394 e. The molecule has 344 valence electrons. The van der Waals surface area contributed by atoms with Crippen LogP contribution in [0.4, 0.5) is 0 Å². The molecule has 0 spiro atoms. The van der Waals surface area contributed by atoms with Crippen LogP contribution in [-0.4, -0.2) is 253 Å². The van der Waals surface area contributed by atoms with Gasteiger partial charge in [-0.2, -0.15) is 0 Å². The van der Waals surface area contributed by atoms with Crippen LogP contribution in [0.1, 0.15) is 20.3 Å². The molecule has 0 radical (unpaired) electrons. The molecule has 0 saturated carbocycles. The quantitative estimate of drug-likeness (QED) is 0.0641. The Morgan fingerprint density at radius 1 is 0.475 bits per heavy atom. The van der Waals surface area contributed by atoms with Gasteiger partial charge in [-0.1, -0.05) is 6.08 Å². The van der Waals surface area contributed by atoms with Crippen LogP contribution in [0.15, 0.2) is 12.7 Å². The van der Waals surface area contributed by atoms with Crippen molar-refractivity contribution in [3.63, 3.8) is 0 Å². The van der Waals surface area contributed by atoms with Gasteiger partial charge in [0.2, 0.25) is 0 Å². The monoisotopic (exact) mass is 863 g/mol. The number of rotatable bonds is 16. The van der Waals surface area contributed by atoms with E-state index in [-0.39, 0.29) is 19.6 Å². The maximum absolute atomic E-state index is 11.2. The van der Waals surface area contributed by atoms with Gasteiger partial charge in [0.15, 0.2) is 25.2 Å². The highest BCUT2D eigenvalue weighted by Crippen LogP contribution is 2.36. The lowest BCUT2D eigenvalue weighted by molar-refractivity contribution is -0.388. The number of nitrogens with two attached hydrogens (primary N) is 1. The average Bonchev–Trinajstić information content (AvgIpc) is 3.22. The van der Waals surface area contributed by atoms with E-state index in [1.807, 2.05) is 0 Å². The van der Waals surface area contributed by atoms with E-state index in [1.54, 1.807) is 0 Å². The highest BCUT2D eigenvalue weighted by atomic mass is 16.8. The average molecular weight is 864 g/mol. The van der Waals surface area contributed by atoms with Gasteiger partial charge in [-0.25, -0.2) is 0 Å². The molecule has 0 aromatic heterocycles. The Morgan fingerprint density at radius 2 is 1.00 bits per heavy atom. The van der Waals surface area contributed by atoms with Crippen LogP contribution in [0, 0.1) is 0 Å². The van der Waals surface area contributed by atoms with Crippen LogP contribution in [0.25, 0.3) is 0 Å². The van der Waals surface area contributed by atoms with E-state index in [4.69, 9.17) is 53.1 Å². The van der Waals surface area contributed by atoms with Gasteiger partial charge in [-0.15, -0.1) is 6.58 Å². The van der Waals surface area contributed by atoms with E-state index in [1.165, 1.54) is 19.9 Å². The van der Waals surface area contributed by atoms with Crippen molar-refractivity contribution in [1.29, 1.82) is 0 Å². The Hall–Kier alpha value is -1.22. The standard InChI is InChI=1S/C35H61NO23/c1-4-6-51-33-27(49)30(22(44)15(9-38)54-33)58-32-17(36)29(50-7-5-13-20(42)23(45)18(40)11(2)52-13)28(16(10-39)56-32)57-35-31(25(47)21(43)14(8-37)55-35)59-34-26(48)24(46)19(41)12(3)53-34/h4,11-35,37-49H,1,5-10,36H2,2-3H3/t11?,12?,13-,14?,15?,16?,17?,18-,19+,20?,21+,22+,23?,24?,25?,26?,27?,28+,29?,30?,31?,32+,33?,34+,35+/m1/s1. The summed E-state index contributed by atoms with van der Waals surface area (Å²) < 4.78 is 58.3. The summed E-state index contributed by atoms with van der Waals surface area (Å²) in [6.07, 6.45) is -35.8. The van der Waals surface area contributed by atoms with E-state index in [2.05, 4.69) is 6.58 Å². The molecule has 0 bridgehead atoms. The summed E-state index contributed by atoms with van der Waals surface area (Å²) in [5.74, 6) is 0. The summed E-state index contributed by atoms with van der Waals surface area (Å²) in [7, 11) is 0. The number of aliphatic hydroxyl groups is 13. The van der Waals surface area contributed by atoms with E-state index in [0.29, 0.717) is 0 Å². The van der Waals surface area contributed by atoms with Crippen molar-refractivity contribution < 1.29 is 114 Å². The van der Waals surface area contributed by atoms with E-state index >= 15 is 0 Å². The largest absolute Gasteiger partial charge is 0.394 e. The summed E-state index contributed by atoms with van der Waals surface area (Å²) in [6, 6.07) is -1.47. The fraction of sp³-hybridized carbons (Fsp3) is 0.943.